The van der Waals surface area contributed by atoms with E-state index in [0.717, 1.165) is 172 Å². The van der Waals surface area contributed by atoms with Crippen molar-refractivity contribution in [2.45, 2.75) is 192 Å². The van der Waals surface area contributed by atoms with Gasteiger partial charge in [0.15, 0.2) is 0 Å². The molecule has 0 saturated carbocycles. The predicted octanol–water partition coefficient (Wildman–Crippen LogP) is 8.17. The molecule has 0 radical (unpaired) electrons. The number of hydrogen-bond acceptors (Lipinski definition) is 12. The van der Waals surface area contributed by atoms with Crippen LogP contribution in [0, 0.1) is 0 Å². The number of nitrogens with zero attached hydrogens (tertiary/aromatic N) is 3. The highest BCUT2D eigenvalue weighted by Gasteiger charge is 2.38. The van der Waals surface area contributed by atoms with Crippen molar-refractivity contribution < 1.29 is 39.8 Å². The Morgan fingerprint density at radius 2 is 0.417 bits per heavy atom. The Morgan fingerprint density at radius 3 is 0.583 bits per heavy atom. The van der Waals surface area contributed by atoms with Gasteiger partial charge in [0, 0.05) is 102 Å². The molecule has 60 heavy (non-hydrogen) atoms. The van der Waals surface area contributed by atoms with E-state index in [2.05, 4.69) is 0 Å². The highest BCUT2D eigenvalue weighted by atomic mass is 28.4. The topological polar surface area (TPSA) is 149 Å². The molecule has 0 N–H and O–H groups in total. The van der Waals surface area contributed by atoms with E-state index in [0.29, 0.717) is 19.6 Å². The van der Waals surface area contributed by atoms with Crippen LogP contribution in [-0.4, -0.2) is 104 Å². The van der Waals surface area contributed by atoms with Crippen molar-refractivity contribution >= 4 is 26.4 Å². The molecule has 0 aromatic carbocycles. The molecule has 0 spiro atoms. The van der Waals surface area contributed by atoms with Crippen LogP contribution in [0.25, 0.3) is 0 Å². The third-order valence-corrected chi connectivity index (χ3v) is 20.5. The van der Waals surface area contributed by atoms with Gasteiger partial charge in [0.05, 0.1) is 0 Å². The average molecular weight is 910 g/mol. The molecule has 0 fully saturated rings. The van der Waals surface area contributed by atoms with Gasteiger partial charge in [-0.3, -0.25) is 0 Å². The van der Waals surface area contributed by atoms with Crippen LogP contribution in [0.4, 0.5) is 0 Å². The molecule has 15 nitrogen and oxygen atoms in total. The van der Waals surface area contributed by atoms with E-state index in [1.807, 2.05) is 0 Å². The quantitative estimate of drug-likeness (QED) is 0.0460. The van der Waals surface area contributed by atoms with Gasteiger partial charge in [0.1, 0.15) is 0 Å². The van der Waals surface area contributed by atoms with Crippen LogP contribution >= 0.6 is 0 Å². The van der Waals surface area contributed by atoms with E-state index in [9.17, 15) is 14.4 Å². The zero-order valence-corrected chi connectivity index (χ0v) is 42.5. The standard InChI is InChI=1S/C42H87N3O12Si3/c1-49-58(50-2,51-3)37-31-25-19-13-10-16-22-28-34-43-40(46)44(35-29-23-17-11-14-20-26-32-38-59(52-4,53-5)54-6)42(48)45(41(43)47)36-30-24-18-12-15-21-27-33-39-60(55-7,56-8)57-9/h10-39H2,1-9H3. The fourth-order valence-electron chi connectivity index (χ4n) is 7.94. The fourth-order valence-corrected chi connectivity index (χ4v) is 13.3. The lowest BCUT2D eigenvalue weighted by Gasteiger charge is -2.24. The highest BCUT2D eigenvalue weighted by Crippen LogP contribution is 2.21. The van der Waals surface area contributed by atoms with E-state index in [4.69, 9.17) is 39.8 Å². The minimum absolute atomic E-state index is 0.335. The molecular formula is C42H87N3O12Si3. The van der Waals surface area contributed by atoms with Gasteiger partial charge in [-0.25, -0.2) is 28.1 Å². The normalized spacial score (nSPS) is 12.6. The zero-order valence-electron chi connectivity index (χ0n) is 39.5. The maximum atomic E-state index is 13.6. The summed E-state index contributed by atoms with van der Waals surface area (Å²) in [6, 6.07) is 2.45. The molecule has 1 rings (SSSR count). The maximum absolute atomic E-state index is 13.6. The summed E-state index contributed by atoms with van der Waals surface area (Å²) in [6.07, 6.45) is 24.6. The van der Waals surface area contributed by atoms with Crippen LogP contribution in [-0.2, 0) is 59.5 Å². The smallest absolute Gasteiger partial charge is 0.377 e. The van der Waals surface area contributed by atoms with Crippen molar-refractivity contribution in [1.29, 1.82) is 0 Å². The molecule has 0 aliphatic carbocycles. The molecule has 0 amide bonds. The first kappa shape index (κ1) is 56.7. The Hall–Kier alpha value is -1.30. The molecule has 0 aliphatic rings. The lowest BCUT2D eigenvalue weighted by atomic mass is 10.1. The van der Waals surface area contributed by atoms with Crippen LogP contribution < -0.4 is 17.1 Å². The van der Waals surface area contributed by atoms with E-state index in [-0.39, 0.29) is 0 Å². The molecule has 1 aromatic heterocycles. The van der Waals surface area contributed by atoms with E-state index in [1.54, 1.807) is 64.0 Å². The molecule has 0 bridgehead atoms. The minimum atomic E-state index is -2.50. The van der Waals surface area contributed by atoms with Gasteiger partial charge in [-0.1, -0.05) is 116 Å². The molecular weight excluding hydrogens is 823 g/mol. The summed E-state index contributed by atoms with van der Waals surface area (Å²) in [4.78, 5) is 40.9. The Kier molecular flexibility index (Phi) is 32.3. The van der Waals surface area contributed by atoms with Crippen LogP contribution in [0.5, 0.6) is 0 Å². The summed E-state index contributed by atoms with van der Waals surface area (Å²) in [5.74, 6) is 0. The van der Waals surface area contributed by atoms with Gasteiger partial charge in [0.2, 0.25) is 0 Å². The lowest BCUT2D eigenvalue weighted by Crippen LogP contribution is -2.54. The maximum Gasteiger partial charge on any atom is 0.500 e. The summed E-state index contributed by atoms with van der Waals surface area (Å²) in [7, 11) is 7.36. The average Bonchev–Trinajstić information content (AvgIpc) is 3.27. The second-order valence-corrected chi connectivity index (χ2v) is 25.2. The van der Waals surface area contributed by atoms with Crippen LogP contribution in [0.1, 0.15) is 154 Å². The number of aromatic nitrogens is 3. The first-order valence-electron chi connectivity index (χ1n) is 23.0. The Balaban J connectivity index is 2.68. The van der Waals surface area contributed by atoms with Crippen molar-refractivity contribution in [1.82, 2.24) is 13.7 Å². The number of hydrogen-bond donors (Lipinski definition) is 0. The molecule has 18 heteroatoms. The van der Waals surface area contributed by atoms with Gasteiger partial charge in [-0.05, 0) is 38.5 Å². The van der Waals surface area contributed by atoms with Gasteiger partial charge < -0.3 is 39.8 Å². The zero-order chi connectivity index (χ0) is 44.5. The van der Waals surface area contributed by atoms with Crippen LogP contribution in [0.3, 0.4) is 0 Å². The second kappa shape index (κ2) is 34.2. The molecule has 0 saturated heterocycles. The van der Waals surface area contributed by atoms with Crippen molar-refractivity contribution in [3.05, 3.63) is 31.5 Å². The summed E-state index contributed by atoms with van der Waals surface area (Å²) >= 11 is 0. The first-order valence-corrected chi connectivity index (χ1v) is 28.8. The van der Waals surface area contributed by atoms with Crippen molar-refractivity contribution in [2.24, 2.45) is 0 Å². The molecule has 0 aliphatic heterocycles. The fraction of sp³-hybridized carbons (Fsp3) is 0.929. The summed E-state index contributed by atoms with van der Waals surface area (Å²) in [6.45, 7) is 1.00. The number of rotatable bonds is 42. The van der Waals surface area contributed by atoms with Crippen molar-refractivity contribution in [3.8, 4) is 0 Å². The Labute approximate surface area is 366 Å². The second-order valence-electron chi connectivity index (χ2n) is 15.9. The summed E-state index contributed by atoms with van der Waals surface area (Å²) in [5.41, 5.74) is -1.39. The Bertz CT molecular complexity index is 1170. The molecule has 1 heterocycles. The lowest BCUT2D eigenvalue weighted by molar-refractivity contribution is 0.122. The number of unbranched alkanes of at least 4 members (excludes halogenated alkanes) is 21. The largest absolute Gasteiger partial charge is 0.500 e. The molecule has 1 aromatic rings. The highest BCUT2D eigenvalue weighted by molar-refractivity contribution is 6.61. The van der Waals surface area contributed by atoms with Gasteiger partial charge >= 0.3 is 43.5 Å². The third-order valence-electron chi connectivity index (χ3n) is 12.0. The molecule has 0 atom stereocenters. The van der Waals surface area contributed by atoms with Gasteiger partial charge in [-0.2, -0.15) is 0 Å². The van der Waals surface area contributed by atoms with Crippen molar-refractivity contribution in [2.75, 3.05) is 64.0 Å². The van der Waals surface area contributed by atoms with Gasteiger partial charge in [-0.15, -0.1) is 0 Å². The molecule has 0 unspecified atom stereocenters. The third kappa shape index (κ3) is 20.9. The van der Waals surface area contributed by atoms with Crippen LogP contribution in [0.15, 0.2) is 14.4 Å². The monoisotopic (exact) mass is 910 g/mol. The summed E-state index contributed by atoms with van der Waals surface area (Å²) in [5, 5.41) is 0. The van der Waals surface area contributed by atoms with Crippen LogP contribution in [0.2, 0.25) is 18.1 Å². The van der Waals surface area contributed by atoms with E-state index >= 15 is 0 Å². The van der Waals surface area contributed by atoms with Crippen molar-refractivity contribution in [3.63, 3.8) is 0 Å². The van der Waals surface area contributed by atoms with Gasteiger partial charge in [0.25, 0.3) is 0 Å². The SMILES string of the molecule is CO[Si](CCCCCCCCCCn1c(=O)n(CCCCCCCCCC[Si](OC)(OC)OC)c(=O)n(CCCCCCCCCC[Si](OC)(OC)OC)c1=O)(OC)OC. The van der Waals surface area contributed by atoms with E-state index < -0.39 is 43.5 Å². The predicted molar refractivity (Wildman–Crippen MR) is 245 cm³/mol. The Morgan fingerprint density at radius 1 is 0.267 bits per heavy atom. The molecule has 354 valence electrons. The first-order chi connectivity index (χ1) is 29.1. The summed E-state index contributed by atoms with van der Waals surface area (Å²) < 4.78 is 53.6. The minimum Gasteiger partial charge on any atom is -0.377 e. The van der Waals surface area contributed by atoms with E-state index in [1.165, 1.54) is 13.7 Å².